The van der Waals surface area contributed by atoms with Gasteiger partial charge in [-0.1, -0.05) is 103 Å². The summed E-state index contributed by atoms with van der Waals surface area (Å²) in [6, 6.07) is 59.0. The number of hydrogen-bond donors (Lipinski definition) is 0. The van der Waals surface area contributed by atoms with Crippen molar-refractivity contribution in [2.75, 3.05) is 0 Å². The number of rotatable bonds is 4. The van der Waals surface area contributed by atoms with Crippen LogP contribution in [0, 0.1) is 22.7 Å². The molecule has 0 aliphatic rings. The van der Waals surface area contributed by atoms with Crippen LogP contribution >= 0.6 is 0 Å². The van der Waals surface area contributed by atoms with E-state index in [1.54, 1.807) is 0 Å². The molecule has 0 saturated carbocycles. The molecule has 2 heterocycles. The number of benzene rings is 7. The molecule has 0 bridgehead atoms. The first kappa shape index (κ1) is 27.4. The lowest BCUT2D eigenvalue weighted by atomic mass is 9.97. The van der Waals surface area contributed by atoms with Crippen molar-refractivity contribution in [1.82, 2.24) is 9.13 Å². The third-order valence-electron chi connectivity index (χ3n) is 9.40. The van der Waals surface area contributed by atoms with Crippen LogP contribution in [0.1, 0.15) is 11.1 Å². The van der Waals surface area contributed by atoms with Gasteiger partial charge in [0.1, 0.15) is 0 Å². The summed E-state index contributed by atoms with van der Waals surface area (Å²) in [5.41, 5.74) is 11.8. The van der Waals surface area contributed by atoms with Crippen LogP contribution in [-0.4, -0.2) is 9.13 Å². The molecule has 0 fully saturated rings. The Morgan fingerprint density at radius 1 is 0.417 bits per heavy atom. The van der Waals surface area contributed by atoms with Crippen molar-refractivity contribution in [2.24, 2.45) is 0 Å². The van der Waals surface area contributed by atoms with Gasteiger partial charge in [-0.25, -0.2) is 0 Å². The van der Waals surface area contributed by atoms with Gasteiger partial charge >= 0.3 is 0 Å². The molecule has 7 aromatic carbocycles. The average molecular weight is 611 g/mol. The molecule has 0 radical (unpaired) electrons. The van der Waals surface area contributed by atoms with Crippen molar-refractivity contribution in [1.29, 1.82) is 10.5 Å². The molecule has 222 valence electrons. The lowest BCUT2D eigenvalue weighted by Crippen LogP contribution is -1.98. The van der Waals surface area contributed by atoms with Crippen molar-refractivity contribution in [3.05, 3.63) is 169 Å². The Bertz CT molecular complexity index is 2750. The van der Waals surface area contributed by atoms with Crippen molar-refractivity contribution in [3.63, 3.8) is 0 Å². The maximum Gasteiger partial charge on any atom is 0.0998 e. The highest BCUT2D eigenvalue weighted by Crippen LogP contribution is 2.39. The maximum atomic E-state index is 9.97. The van der Waals surface area contributed by atoms with Gasteiger partial charge in [0.2, 0.25) is 0 Å². The minimum Gasteiger partial charge on any atom is -0.309 e. The van der Waals surface area contributed by atoms with E-state index in [4.69, 9.17) is 0 Å². The smallest absolute Gasteiger partial charge is 0.0998 e. The van der Waals surface area contributed by atoms with E-state index in [0.717, 1.165) is 55.4 Å². The molecule has 4 nitrogen and oxygen atoms in total. The molecule has 0 N–H and O–H groups in total. The molecule has 0 atom stereocenters. The van der Waals surface area contributed by atoms with Gasteiger partial charge in [-0.2, -0.15) is 10.5 Å². The molecule has 0 unspecified atom stereocenters. The van der Waals surface area contributed by atoms with Crippen molar-refractivity contribution >= 4 is 43.6 Å². The van der Waals surface area contributed by atoms with Crippen LogP contribution in [-0.2, 0) is 0 Å². The highest BCUT2D eigenvalue weighted by Gasteiger charge is 2.18. The molecule has 9 rings (SSSR count). The number of nitrogens with zero attached hydrogens (tertiary/aromatic N) is 4. The highest BCUT2D eigenvalue weighted by atomic mass is 15.0. The zero-order valence-corrected chi connectivity index (χ0v) is 25.8. The Morgan fingerprint density at radius 3 is 1.71 bits per heavy atom. The van der Waals surface area contributed by atoms with Crippen molar-refractivity contribution < 1.29 is 0 Å². The average Bonchev–Trinajstić information content (AvgIpc) is 3.68. The molecule has 2 aromatic heterocycles. The second-order valence-corrected chi connectivity index (χ2v) is 12.0. The van der Waals surface area contributed by atoms with E-state index in [9.17, 15) is 10.5 Å². The summed E-state index contributed by atoms with van der Waals surface area (Å²) < 4.78 is 4.53. The Labute approximate surface area is 277 Å². The van der Waals surface area contributed by atoms with Gasteiger partial charge in [0.15, 0.2) is 0 Å². The standard InChI is InChI=1S/C44H26N4/c45-27-29-19-24-35(43(25-29)48-41-17-6-3-14-38(41)44-33(28-46)10-8-18-42(44)48)31-22-20-30(21-23-31)32-9-7-11-34(26-32)47-39-15-4-1-12-36(39)37-13-2-5-16-40(37)47/h1-26H. The fraction of sp³-hybridized carbons (Fsp3) is 0. The second-order valence-electron chi connectivity index (χ2n) is 12.0. The van der Waals surface area contributed by atoms with Crippen LogP contribution in [0.25, 0.3) is 77.2 Å². The van der Waals surface area contributed by atoms with Crippen molar-refractivity contribution in [2.45, 2.75) is 0 Å². The Morgan fingerprint density at radius 2 is 1.02 bits per heavy atom. The van der Waals surface area contributed by atoms with Crippen LogP contribution in [0.3, 0.4) is 0 Å². The molecule has 0 saturated heterocycles. The molecule has 48 heavy (non-hydrogen) atoms. The van der Waals surface area contributed by atoms with Crippen LogP contribution in [0.4, 0.5) is 0 Å². The normalized spacial score (nSPS) is 11.3. The van der Waals surface area contributed by atoms with E-state index in [1.165, 1.54) is 21.8 Å². The van der Waals surface area contributed by atoms with Gasteiger partial charge in [0.25, 0.3) is 0 Å². The predicted octanol–water partition coefficient (Wildman–Crippen LogP) is 11.0. The van der Waals surface area contributed by atoms with Crippen LogP contribution < -0.4 is 0 Å². The van der Waals surface area contributed by atoms with Gasteiger partial charge in [-0.15, -0.1) is 0 Å². The lowest BCUT2D eigenvalue weighted by molar-refractivity contribution is 1.18. The largest absolute Gasteiger partial charge is 0.309 e. The summed E-state index contributed by atoms with van der Waals surface area (Å²) in [4.78, 5) is 0. The quantitative estimate of drug-likeness (QED) is 0.199. The summed E-state index contributed by atoms with van der Waals surface area (Å²) in [6.07, 6.45) is 0. The van der Waals surface area contributed by atoms with E-state index in [2.05, 4.69) is 130 Å². The minimum atomic E-state index is 0.578. The molecule has 0 amide bonds. The first-order chi connectivity index (χ1) is 23.7. The first-order valence-corrected chi connectivity index (χ1v) is 15.9. The van der Waals surface area contributed by atoms with Crippen LogP contribution in [0.5, 0.6) is 0 Å². The number of fused-ring (bicyclic) bond motifs is 6. The Balaban J connectivity index is 1.18. The highest BCUT2D eigenvalue weighted by molar-refractivity contribution is 6.12. The molecular weight excluding hydrogens is 585 g/mol. The number of aromatic nitrogens is 2. The fourth-order valence-electron chi connectivity index (χ4n) is 7.27. The summed E-state index contributed by atoms with van der Waals surface area (Å²) in [7, 11) is 0. The monoisotopic (exact) mass is 610 g/mol. The number of nitriles is 2. The third-order valence-corrected chi connectivity index (χ3v) is 9.40. The number of hydrogen-bond acceptors (Lipinski definition) is 2. The van der Waals surface area contributed by atoms with E-state index in [-0.39, 0.29) is 0 Å². The van der Waals surface area contributed by atoms with Gasteiger partial charge in [-0.3, -0.25) is 0 Å². The Kier molecular flexibility index (Phi) is 6.22. The molecule has 0 spiro atoms. The molecule has 9 aromatic rings. The summed E-state index contributed by atoms with van der Waals surface area (Å²) in [6.45, 7) is 0. The lowest BCUT2D eigenvalue weighted by Gasteiger charge is -2.15. The van der Waals surface area contributed by atoms with Crippen LogP contribution in [0.2, 0.25) is 0 Å². The third kappa shape index (κ3) is 4.14. The first-order valence-electron chi connectivity index (χ1n) is 15.9. The van der Waals surface area contributed by atoms with E-state index >= 15 is 0 Å². The second kappa shape index (κ2) is 10.9. The number of para-hydroxylation sites is 3. The van der Waals surface area contributed by atoms with Crippen LogP contribution in [0.15, 0.2) is 158 Å². The van der Waals surface area contributed by atoms with Gasteiger partial charge in [0.05, 0.1) is 51.0 Å². The molecular formula is C44H26N4. The maximum absolute atomic E-state index is 9.97. The molecule has 0 aliphatic carbocycles. The minimum absolute atomic E-state index is 0.578. The molecule has 0 aliphatic heterocycles. The van der Waals surface area contributed by atoms with Gasteiger partial charge < -0.3 is 9.13 Å². The fourth-order valence-corrected chi connectivity index (χ4v) is 7.27. The molecule has 4 heteroatoms. The predicted molar refractivity (Wildman–Crippen MR) is 195 cm³/mol. The summed E-state index contributed by atoms with van der Waals surface area (Å²) in [5, 5.41) is 24.3. The topological polar surface area (TPSA) is 57.4 Å². The van der Waals surface area contributed by atoms with E-state index in [0.29, 0.717) is 11.1 Å². The van der Waals surface area contributed by atoms with E-state index in [1.807, 2.05) is 48.5 Å². The van der Waals surface area contributed by atoms with E-state index < -0.39 is 0 Å². The SMILES string of the molecule is N#Cc1ccc(-c2ccc(-c3cccc(-n4c5ccccc5c5ccccc54)c3)cc2)c(-n2c3ccccc3c3c(C#N)cccc32)c1. The van der Waals surface area contributed by atoms with Crippen molar-refractivity contribution in [3.8, 4) is 45.8 Å². The zero-order valence-electron chi connectivity index (χ0n) is 25.8. The Hall–Kier alpha value is -6.88. The zero-order chi connectivity index (χ0) is 32.2. The summed E-state index contributed by atoms with van der Waals surface area (Å²) >= 11 is 0. The van der Waals surface area contributed by atoms with Gasteiger partial charge in [0, 0.05) is 32.8 Å². The van der Waals surface area contributed by atoms with Gasteiger partial charge in [-0.05, 0) is 71.3 Å². The summed E-state index contributed by atoms with van der Waals surface area (Å²) in [5.74, 6) is 0.